The van der Waals surface area contributed by atoms with Crippen molar-refractivity contribution in [3.8, 4) is 5.75 Å². The average molecular weight is 394 g/mol. The van der Waals surface area contributed by atoms with Crippen molar-refractivity contribution in [3.05, 3.63) is 64.2 Å². The predicted octanol–water partition coefficient (Wildman–Crippen LogP) is 5.11. The number of rotatable bonds is 8. The quantitative estimate of drug-likeness (QED) is 0.634. The summed E-state index contributed by atoms with van der Waals surface area (Å²) in [6.45, 7) is 4.01. The van der Waals surface area contributed by atoms with Gasteiger partial charge in [-0.3, -0.25) is 9.59 Å². The van der Waals surface area contributed by atoms with E-state index in [4.69, 9.17) is 4.74 Å². The smallest absolute Gasteiger partial charge is 0.220 e. The molecule has 1 unspecified atom stereocenters. The molecule has 2 aromatic rings. The van der Waals surface area contributed by atoms with Crippen LogP contribution in [0, 0.1) is 6.92 Å². The summed E-state index contributed by atoms with van der Waals surface area (Å²) in [7, 11) is 1.55. The molecule has 0 radical (unpaired) electrons. The fraction of sp³-hybridized carbons (Fsp3) is 0.440. The Hall–Kier alpha value is -2.62. The Bertz CT molecular complexity index is 888. The molecule has 1 N–H and O–H groups in total. The first-order chi connectivity index (χ1) is 14.0. The van der Waals surface area contributed by atoms with Crippen molar-refractivity contribution in [2.75, 3.05) is 7.11 Å². The Morgan fingerprint density at radius 2 is 1.79 bits per heavy atom. The molecule has 0 aliphatic heterocycles. The summed E-state index contributed by atoms with van der Waals surface area (Å²) in [5, 5.41) is 3.11. The van der Waals surface area contributed by atoms with Crippen LogP contribution in [0.3, 0.4) is 0 Å². The maximum atomic E-state index is 12.6. The Labute approximate surface area is 173 Å². The lowest BCUT2D eigenvalue weighted by atomic mass is 9.88. The molecule has 0 heterocycles. The zero-order valence-corrected chi connectivity index (χ0v) is 17.7. The van der Waals surface area contributed by atoms with E-state index >= 15 is 0 Å². The van der Waals surface area contributed by atoms with Gasteiger partial charge >= 0.3 is 0 Å². The highest BCUT2D eigenvalue weighted by Crippen LogP contribution is 2.26. The number of fused-ring (bicyclic) bond motifs is 1. The molecule has 29 heavy (non-hydrogen) atoms. The van der Waals surface area contributed by atoms with Crippen LogP contribution in [0.5, 0.6) is 5.75 Å². The summed E-state index contributed by atoms with van der Waals surface area (Å²) < 4.78 is 5.29. The zero-order valence-electron chi connectivity index (χ0n) is 17.7. The van der Waals surface area contributed by atoms with E-state index in [2.05, 4.69) is 30.4 Å². The second kappa shape index (κ2) is 9.73. The maximum absolute atomic E-state index is 12.6. The Morgan fingerprint density at radius 1 is 1.03 bits per heavy atom. The van der Waals surface area contributed by atoms with E-state index in [0.717, 1.165) is 30.4 Å². The SMILES string of the molecule is CCC(NC(=O)CCC(=O)c1cc(C)ccc1OC)c1ccc2c(c1)CCCC2. The van der Waals surface area contributed by atoms with Crippen LogP contribution in [0.1, 0.15) is 77.7 Å². The molecule has 1 amide bonds. The number of carbonyl (C=O) groups excluding carboxylic acids is 2. The second-order valence-corrected chi connectivity index (χ2v) is 7.89. The van der Waals surface area contributed by atoms with E-state index in [1.54, 1.807) is 13.2 Å². The summed E-state index contributed by atoms with van der Waals surface area (Å²) in [6.07, 6.45) is 5.96. The molecule has 4 nitrogen and oxygen atoms in total. The van der Waals surface area contributed by atoms with Crippen molar-refractivity contribution in [1.82, 2.24) is 5.32 Å². The van der Waals surface area contributed by atoms with Gasteiger partial charge in [-0.1, -0.05) is 36.8 Å². The number of nitrogens with one attached hydrogen (secondary N) is 1. The van der Waals surface area contributed by atoms with Crippen molar-refractivity contribution < 1.29 is 14.3 Å². The summed E-state index contributed by atoms with van der Waals surface area (Å²) in [6, 6.07) is 12.1. The first-order valence-corrected chi connectivity index (χ1v) is 10.6. The lowest BCUT2D eigenvalue weighted by Crippen LogP contribution is -2.28. The number of ketones is 1. The van der Waals surface area contributed by atoms with Crippen LogP contribution >= 0.6 is 0 Å². The molecule has 1 aliphatic rings. The Kier molecular flexibility index (Phi) is 7.08. The van der Waals surface area contributed by atoms with E-state index < -0.39 is 0 Å². The number of aryl methyl sites for hydroxylation is 3. The fourth-order valence-corrected chi connectivity index (χ4v) is 4.06. The number of benzene rings is 2. The lowest BCUT2D eigenvalue weighted by Gasteiger charge is -2.21. The molecule has 1 atom stereocenters. The molecule has 0 fully saturated rings. The highest BCUT2D eigenvalue weighted by Gasteiger charge is 2.18. The van der Waals surface area contributed by atoms with Gasteiger partial charge in [-0.2, -0.15) is 0 Å². The van der Waals surface area contributed by atoms with Crippen LogP contribution in [0.2, 0.25) is 0 Å². The third-order valence-electron chi connectivity index (χ3n) is 5.75. The molecule has 1 aliphatic carbocycles. The van der Waals surface area contributed by atoms with E-state index in [1.165, 1.54) is 24.0 Å². The average Bonchev–Trinajstić information content (AvgIpc) is 2.75. The monoisotopic (exact) mass is 393 g/mol. The minimum absolute atomic E-state index is 0.0154. The van der Waals surface area contributed by atoms with Crippen molar-refractivity contribution in [2.24, 2.45) is 0 Å². The van der Waals surface area contributed by atoms with Gasteiger partial charge in [-0.15, -0.1) is 0 Å². The van der Waals surface area contributed by atoms with E-state index in [0.29, 0.717) is 11.3 Å². The highest BCUT2D eigenvalue weighted by atomic mass is 16.5. The molecular weight excluding hydrogens is 362 g/mol. The van der Waals surface area contributed by atoms with Gasteiger partial charge in [0.05, 0.1) is 18.7 Å². The molecule has 3 rings (SSSR count). The zero-order chi connectivity index (χ0) is 20.8. The molecule has 154 valence electrons. The molecule has 2 aromatic carbocycles. The first-order valence-electron chi connectivity index (χ1n) is 10.6. The van der Waals surface area contributed by atoms with E-state index in [9.17, 15) is 9.59 Å². The third kappa shape index (κ3) is 5.26. The summed E-state index contributed by atoms with van der Waals surface area (Å²) in [4.78, 5) is 25.1. The van der Waals surface area contributed by atoms with Crippen LogP contribution in [0.15, 0.2) is 36.4 Å². The number of hydrogen-bond acceptors (Lipinski definition) is 3. The van der Waals surface area contributed by atoms with E-state index in [1.807, 2.05) is 19.1 Å². The molecular formula is C25H31NO3. The molecule has 4 heteroatoms. The normalized spacial score (nSPS) is 14.0. The van der Waals surface area contributed by atoms with Crippen LogP contribution in [-0.4, -0.2) is 18.8 Å². The van der Waals surface area contributed by atoms with Crippen LogP contribution in [0.25, 0.3) is 0 Å². The van der Waals surface area contributed by atoms with Gasteiger partial charge in [-0.05, 0) is 67.9 Å². The first kappa shape index (κ1) is 21.1. The van der Waals surface area contributed by atoms with Gasteiger partial charge in [0.2, 0.25) is 5.91 Å². The molecule has 0 saturated heterocycles. The van der Waals surface area contributed by atoms with Gasteiger partial charge in [0.15, 0.2) is 5.78 Å². The van der Waals surface area contributed by atoms with Gasteiger partial charge < -0.3 is 10.1 Å². The minimum atomic E-state index is -0.0884. The minimum Gasteiger partial charge on any atom is -0.496 e. The van der Waals surface area contributed by atoms with Crippen molar-refractivity contribution in [1.29, 1.82) is 0 Å². The standard InChI is InChI=1S/C25H31NO3/c1-4-22(20-11-10-18-7-5-6-8-19(18)16-20)26-25(28)14-12-23(27)21-15-17(2)9-13-24(21)29-3/h9-11,13,15-16,22H,4-8,12,14H2,1-3H3,(H,26,28). The van der Waals surface area contributed by atoms with Crippen LogP contribution < -0.4 is 10.1 Å². The van der Waals surface area contributed by atoms with Crippen LogP contribution in [0.4, 0.5) is 0 Å². The van der Waals surface area contributed by atoms with Gasteiger partial charge in [0.1, 0.15) is 5.75 Å². The van der Waals surface area contributed by atoms with Crippen molar-refractivity contribution >= 4 is 11.7 Å². The van der Waals surface area contributed by atoms with Crippen molar-refractivity contribution in [2.45, 2.75) is 64.8 Å². The Balaban J connectivity index is 1.61. The van der Waals surface area contributed by atoms with Gasteiger partial charge in [-0.25, -0.2) is 0 Å². The largest absolute Gasteiger partial charge is 0.496 e. The van der Waals surface area contributed by atoms with Gasteiger partial charge in [0.25, 0.3) is 0 Å². The lowest BCUT2D eigenvalue weighted by molar-refractivity contribution is -0.121. The predicted molar refractivity (Wildman–Crippen MR) is 116 cm³/mol. The molecule has 0 aromatic heterocycles. The maximum Gasteiger partial charge on any atom is 0.220 e. The summed E-state index contributed by atoms with van der Waals surface area (Å²) >= 11 is 0. The number of methoxy groups -OCH3 is 1. The summed E-state index contributed by atoms with van der Waals surface area (Å²) in [5.74, 6) is 0.401. The summed E-state index contributed by atoms with van der Waals surface area (Å²) in [5.41, 5.74) is 5.56. The van der Waals surface area contributed by atoms with Crippen LogP contribution in [-0.2, 0) is 17.6 Å². The number of Topliss-reactive ketones (excluding diaryl/α,β-unsaturated/α-hetero) is 1. The number of carbonyl (C=O) groups is 2. The third-order valence-corrected chi connectivity index (χ3v) is 5.75. The topological polar surface area (TPSA) is 55.4 Å². The van der Waals surface area contributed by atoms with Crippen molar-refractivity contribution in [3.63, 3.8) is 0 Å². The van der Waals surface area contributed by atoms with Gasteiger partial charge in [0, 0.05) is 12.8 Å². The number of amides is 1. The van der Waals surface area contributed by atoms with E-state index in [-0.39, 0.29) is 30.6 Å². The molecule has 0 saturated carbocycles. The molecule has 0 spiro atoms. The number of ether oxygens (including phenoxy) is 1. The highest BCUT2D eigenvalue weighted by molar-refractivity contribution is 6.00. The Morgan fingerprint density at radius 3 is 2.52 bits per heavy atom. The number of hydrogen-bond donors (Lipinski definition) is 1. The molecule has 0 bridgehead atoms. The second-order valence-electron chi connectivity index (χ2n) is 7.89. The fourth-order valence-electron chi connectivity index (χ4n) is 4.06.